The largest absolute Gasteiger partial charge is 0.314 e. The monoisotopic (exact) mass is 248 g/mol. The van der Waals surface area contributed by atoms with Crippen molar-refractivity contribution < 1.29 is 0 Å². The molecule has 1 saturated heterocycles. The topological polar surface area (TPSA) is 15.3 Å². The number of allylic oxidation sites excluding steroid dienone is 1. The summed E-state index contributed by atoms with van der Waals surface area (Å²) in [5, 5.41) is 3.46. The van der Waals surface area contributed by atoms with E-state index >= 15 is 0 Å². The van der Waals surface area contributed by atoms with E-state index in [1.165, 1.54) is 45.2 Å². The Morgan fingerprint density at radius 1 is 1.11 bits per heavy atom. The molecule has 1 aliphatic heterocycles. The van der Waals surface area contributed by atoms with Crippen molar-refractivity contribution in [1.29, 1.82) is 0 Å². The van der Waals surface area contributed by atoms with Gasteiger partial charge in [0.05, 0.1) is 0 Å². The smallest absolute Gasteiger partial charge is 0.0245 e. The summed E-state index contributed by atoms with van der Waals surface area (Å²) in [6.45, 7) is 12.6. The van der Waals surface area contributed by atoms with Gasteiger partial charge in [0.15, 0.2) is 0 Å². The molecule has 1 aliphatic carbocycles. The lowest BCUT2D eigenvalue weighted by atomic mass is 9.72. The molecule has 2 nitrogen and oxygen atoms in total. The zero-order valence-corrected chi connectivity index (χ0v) is 11.7. The molecule has 1 N–H and O–H groups in total. The van der Waals surface area contributed by atoms with Gasteiger partial charge in [0.25, 0.3) is 0 Å². The van der Waals surface area contributed by atoms with Crippen LogP contribution in [-0.2, 0) is 0 Å². The average molecular weight is 248 g/mol. The minimum Gasteiger partial charge on any atom is -0.314 e. The lowest BCUT2D eigenvalue weighted by molar-refractivity contribution is 0.0286. The second kappa shape index (κ2) is 6.53. The summed E-state index contributed by atoms with van der Waals surface area (Å²) in [6.07, 6.45) is 12.0. The Labute approximate surface area is 112 Å². The number of nitrogens with one attached hydrogen (secondary N) is 1. The minimum absolute atomic E-state index is 0.418. The maximum absolute atomic E-state index is 3.99. The van der Waals surface area contributed by atoms with Crippen molar-refractivity contribution in [2.75, 3.05) is 26.2 Å². The van der Waals surface area contributed by atoms with Crippen LogP contribution in [0.4, 0.5) is 0 Å². The predicted octanol–water partition coefficient (Wildman–Crippen LogP) is 2.97. The molecule has 0 unspecified atom stereocenters. The fraction of sp³-hybridized carbons (Fsp3) is 0.750. The Hall–Kier alpha value is -0.600. The van der Waals surface area contributed by atoms with Crippen molar-refractivity contribution in [2.45, 2.75) is 44.1 Å². The number of hydrogen-bond donors (Lipinski definition) is 1. The lowest BCUT2D eigenvalue weighted by Crippen LogP contribution is -2.57. The van der Waals surface area contributed by atoms with Crippen LogP contribution in [0, 0.1) is 5.92 Å². The summed E-state index contributed by atoms with van der Waals surface area (Å²) in [5.74, 6) is 0.878. The number of nitrogens with zero attached hydrogens (tertiary/aromatic N) is 1. The highest BCUT2D eigenvalue weighted by Gasteiger charge is 2.39. The number of hydrogen-bond acceptors (Lipinski definition) is 2. The molecule has 0 bridgehead atoms. The highest BCUT2D eigenvalue weighted by atomic mass is 15.2. The van der Waals surface area contributed by atoms with Gasteiger partial charge in [-0.2, -0.15) is 0 Å². The Balaban J connectivity index is 1.99. The maximum Gasteiger partial charge on any atom is 0.0245 e. The van der Waals surface area contributed by atoms with Crippen molar-refractivity contribution in [3.8, 4) is 0 Å². The van der Waals surface area contributed by atoms with E-state index in [2.05, 4.69) is 35.5 Å². The first-order valence-corrected chi connectivity index (χ1v) is 7.48. The molecule has 18 heavy (non-hydrogen) atoms. The van der Waals surface area contributed by atoms with E-state index in [1.54, 1.807) is 0 Å². The molecule has 2 fully saturated rings. The van der Waals surface area contributed by atoms with Crippen molar-refractivity contribution in [2.24, 2.45) is 5.92 Å². The molecule has 1 heterocycles. The molecule has 0 spiro atoms. The summed E-state index contributed by atoms with van der Waals surface area (Å²) in [6, 6.07) is 0. The van der Waals surface area contributed by atoms with Crippen molar-refractivity contribution in [3.63, 3.8) is 0 Å². The van der Waals surface area contributed by atoms with E-state index in [4.69, 9.17) is 0 Å². The van der Waals surface area contributed by atoms with Gasteiger partial charge in [0.1, 0.15) is 0 Å². The van der Waals surface area contributed by atoms with Crippen molar-refractivity contribution >= 4 is 0 Å². The summed E-state index contributed by atoms with van der Waals surface area (Å²) in [7, 11) is 0. The first-order valence-electron chi connectivity index (χ1n) is 7.48. The van der Waals surface area contributed by atoms with Crippen LogP contribution in [0.2, 0.25) is 0 Å². The summed E-state index contributed by atoms with van der Waals surface area (Å²) >= 11 is 0. The van der Waals surface area contributed by atoms with Crippen LogP contribution in [0.25, 0.3) is 0 Å². The molecule has 0 aromatic rings. The van der Waals surface area contributed by atoms with Crippen LogP contribution in [-0.4, -0.2) is 36.6 Å². The van der Waals surface area contributed by atoms with Gasteiger partial charge >= 0.3 is 0 Å². The lowest BCUT2D eigenvalue weighted by Gasteiger charge is -2.49. The highest BCUT2D eigenvalue weighted by molar-refractivity contribution is 5.00. The normalized spacial score (nSPS) is 34.1. The molecule has 0 aromatic carbocycles. The van der Waals surface area contributed by atoms with E-state index in [0.717, 1.165) is 25.4 Å². The van der Waals surface area contributed by atoms with Crippen molar-refractivity contribution in [1.82, 2.24) is 10.2 Å². The third-order valence-corrected chi connectivity index (χ3v) is 4.85. The van der Waals surface area contributed by atoms with Crippen molar-refractivity contribution in [3.05, 3.63) is 25.3 Å². The first kappa shape index (κ1) is 13.8. The first-order chi connectivity index (χ1) is 8.80. The van der Waals surface area contributed by atoms with Crippen LogP contribution < -0.4 is 5.32 Å². The van der Waals surface area contributed by atoms with Gasteiger partial charge in [0.2, 0.25) is 0 Å². The third-order valence-electron chi connectivity index (χ3n) is 4.85. The zero-order chi connectivity index (χ0) is 12.8. The SMILES string of the molecule is C=CCC1CCC(CC=C)(N2CCNCC2)CC1. The molecule has 1 saturated carbocycles. The van der Waals surface area contributed by atoms with Crippen LogP contribution in [0.15, 0.2) is 25.3 Å². The molecular weight excluding hydrogens is 220 g/mol. The van der Waals surface area contributed by atoms with E-state index in [-0.39, 0.29) is 0 Å². The Morgan fingerprint density at radius 3 is 2.33 bits per heavy atom. The number of rotatable bonds is 5. The second-order valence-electron chi connectivity index (χ2n) is 5.92. The van der Waals surface area contributed by atoms with Crippen LogP contribution in [0.5, 0.6) is 0 Å². The average Bonchev–Trinajstić information content (AvgIpc) is 2.43. The Kier molecular flexibility index (Phi) is 5.02. The van der Waals surface area contributed by atoms with Crippen LogP contribution >= 0.6 is 0 Å². The van der Waals surface area contributed by atoms with E-state index in [1.807, 2.05) is 0 Å². The molecule has 2 aliphatic rings. The Bertz CT molecular complexity index is 271. The standard InChI is InChI=1S/C16H28N2/c1-3-5-15-6-9-16(8-4-2,10-7-15)18-13-11-17-12-14-18/h3-4,15,17H,1-2,5-14H2. The molecule has 2 rings (SSSR count). The third kappa shape index (κ3) is 3.04. The van der Waals surface area contributed by atoms with Gasteiger partial charge in [-0.3, -0.25) is 4.90 Å². The zero-order valence-electron chi connectivity index (χ0n) is 11.7. The summed E-state index contributed by atoms with van der Waals surface area (Å²) in [5.41, 5.74) is 0.418. The van der Waals surface area contributed by atoms with Gasteiger partial charge in [-0.1, -0.05) is 12.2 Å². The van der Waals surface area contributed by atoms with Crippen LogP contribution in [0.1, 0.15) is 38.5 Å². The molecule has 0 aromatic heterocycles. The maximum atomic E-state index is 3.99. The summed E-state index contributed by atoms with van der Waals surface area (Å²) < 4.78 is 0. The van der Waals surface area contributed by atoms with E-state index in [0.29, 0.717) is 5.54 Å². The fourth-order valence-electron chi connectivity index (χ4n) is 3.74. The van der Waals surface area contributed by atoms with Gasteiger partial charge in [0, 0.05) is 31.7 Å². The fourth-order valence-corrected chi connectivity index (χ4v) is 3.74. The predicted molar refractivity (Wildman–Crippen MR) is 78.8 cm³/mol. The molecular formula is C16H28N2. The van der Waals surface area contributed by atoms with E-state index in [9.17, 15) is 0 Å². The van der Waals surface area contributed by atoms with E-state index < -0.39 is 0 Å². The van der Waals surface area contributed by atoms with Gasteiger partial charge < -0.3 is 5.32 Å². The molecule has 0 atom stereocenters. The van der Waals surface area contributed by atoms with Gasteiger partial charge in [-0.15, -0.1) is 13.2 Å². The van der Waals surface area contributed by atoms with Gasteiger partial charge in [-0.25, -0.2) is 0 Å². The highest BCUT2D eigenvalue weighted by Crippen LogP contribution is 2.40. The second-order valence-corrected chi connectivity index (χ2v) is 5.92. The molecule has 0 amide bonds. The van der Waals surface area contributed by atoms with Gasteiger partial charge in [-0.05, 0) is 44.4 Å². The Morgan fingerprint density at radius 2 is 1.78 bits per heavy atom. The minimum atomic E-state index is 0.418. The summed E-state index contributed by atoms with van der Waals surface area (Å²) in [4.78, 5) is 2.73. The quantitative estimate of drug-likeness (QED) is 0.753. The number of piperazine rings is 1. The molecule has 2 heteroatoms. The molecule has 102 valence electrons. The van der Waals surface area contributed by atoms with Crippen LogP contribution in [0.3, 0.4) is 0 Å². The molecule has 0 radical (unpaired) electrons.